The minimum Gasteiger partial charge on any atom is -0.285 e. The second kappa shape index (κ2) is 4.58. The lowest BCUT2D eigenvalue weighted by atomic mass is 10.2. The van der Waals surface area contributed by atoms with Crippen molar-refractivity contribution in [3.63, 3.8) is 0 Å². The van der Waals surface area contributed by atoms with E-state index in [1.165, 1.54) is 12.1 Å². The average molecular weight is 205 g/mol. The number of hydrogen-bond donors (Lipinski definition) is 3. The van der Waals surface area contributed by atoms with Gasteiger partial charge in [-0.25, -0.2) is 8.78 Å². The molecular weight excluding hydrogens is 195 g/mol. The molecule has 72 valence electrons. The molecule has 3 nitrogen and oxygen atoms in total. The van der Waals surface area contributed by atoms with Gasteiger partial charge in [-0.2, -0.15) is 0 Å². The first kappa shape index (κ1) is 10.5. The lowest BCUT2D eigenvalue weighted by Gasteiger charge is -2.07. The average Bonchev–Trinajstić information content (AvgIpc) is 2.02. The summed E-state index contributed by atoms with van der Waals surface area (Å²) >= 11 is 0. The first-order valence-corrected chi connectivity index (χ1v) is 5.04. The molecule has 13 heavy (non-hydrogen) atoms. The fraction of sp³-hybridized carbons (Fsp3) is 0.143. The van der Waals surface area contributed by atoms with Crippen molar-refractivity contribution in [1.29, 1.82) is 0 Å². The minimum absolute atomic E-state index is 0.213. The van der Waals surface area contributed by atoms with Gasteiger partial charge in [-0.05, 0) is 6.07 Å². The van der Waals surface area contributed by atoms with Crippen molar-refractivity contribution < 1.29 is 8.78 Å². The van der Waals surface area contributed by atoms with E-state index in [0.717, 1.165) is 6.07 Å². The Balaban J connectivity index is 2.67. The van der Waals surface area contributed by atoms with Crippen molar-refractivity contribution >= 4 is 8.37 Å². The third kappa shape index (κ3) is 3.32. The highest BCUT2D eigenvalue weighted by Crippen LogP contribution is 2.12. The predicted molar refractivity (Wildman–Crippen MR) is 48.5 cm³/mol. The lowest BCUT2D eigenvalue weighted by Crippen LogP contribution is -2.17. The summed E-state index contributed by atoms with van der Waals surface area (Å²) in [5.74, 6) is -1.19. The molecule has 0 unspecified atom stereocenters. The summed E-state index contributed by atoms with van der Waals surface area (Å²) < 4.78 is 25.4. The van der Waals surface area contributed by atoms with Gasteiger partial charge < -0.3 is 0 Å². The Bertz CT molecular complexity index is 293. The Labute approximate surface area is 76.0 Å². The van der Waals surface area contributed by atoms with Crippen LogP contribution in [0.3, 0.4) is 0 Å². The molecule has 1 aromatic rings. The predicted octanol–water partition coefficient (Wildman–Crippen LogP) is 1.20. The van der Waals surface area contributed by atoms with Gasteiger partial charge in [-0.15, -0.1) is 0 Å². The summed E-state index contributed by atoms with van der Waals surface area (Å²) in [6.07, 6.45) is 0. The van der Waals surface area contributed by atoms with E-state index in [-0.39, 0.29) is 6.54 Å². The van der Waals surface area contributed by atoms with E-state index in [4.69, 9.17) is 11.0 Å². The van der Waals surface area contributed by atoms with Gasteiger partial charge in [0.25, 0.3) is 0 Å². The monoisotopic (exact) mass is 205 g/mol. The Morgan fingerprint density at radius 2 is 2.00 bits per heavy atom. The van der Waals surface area contributed by atoms with Gasteiger partial charge in [0.1, 0.15) is 20.0 Å². The Hall–Kier alpha value is -0.610. The molecule has 0 aliphatic carbocycles. The highest BCUT2D eigenvalue weighted by Gasteiger charge is 2.03. The van der Waals surface area contributed by atoms with Crippen molar-refractivity contribution in [3.8, 4) is 0 Å². The highest BCUT2D eigenvalue weighted by atomic mass is 31.1. The topological polar surface area (TPSA) is 64.1 Å². The van der Waals surface area contributed by atoms with Crippen LogP contribution in [-0.2, 0) is 6.54 Å². The Morgan fingerprint density at radius 3 is 2.54 bits per heavy atom. The summed E-state index contributed by atoms with van der Waals surface area (Å²) in [5, 5.41) is 2.68. The summed E-state index contributed by atoms with van der Waals surface area (Å²) in [6.45, 7) is 0.213. The van der Waals surface area contributed by atoms with Crippen molar-refractivity contribution in [1.82, 2.24) is 5.09 Å². The van der Waals surface area contributed by atoms with Crippen LogP contribution in [-0.4, -0.2) is 0 Å². The number of nitrogens with one attached hydrogen (secondary N) is 1. The molecule has 6 heteroatoms. The second-order valence-corrected chi connectivity index (χ2v) is 3.61. The van der Waals surface area contributed by atoms with Gasteiger partial charge in [0.2, 0.25) is 0 Å². The van der Waals surface area contributed by atoms with Crippen LogP contribution in [0.4, 0.5) is 8.78 Å². The van der Waals surface area contributed by atoms with Gasteiger partial charge in [-0.1, -0.05) is 6.07 Å². The molecule has 0 heterocycles. The quantitative estimate of drug-likeness (QED) is 0.649. The lowest BCUT2D eigenvalue weighted by molar-refractivity contribution is 0.571. The summed E-state index contributed by atoms with van der Waals surface area (Å²) in [4.78, 5) is 0. The molecule has 0 saturated heterocycles. The summed E-state index contributed by atoms with van der Waals surface area (Å²) in [5.41, 5.74) is 10.9. The first-order valence-electron chi connectivity index (χ1n) is 3.56. The van der Waals surface area contributed by atoms with E-state index in [2.05, 4.69) is 5.09 Å². The van der Waals surface area contributed by atoms with Gasteiger partial charge in [0, 0.05) is 18.2 Å². The van der Waals surface area contributed by atoms with E-state index in [9.17, 15) is 8.78 Å². The molecular formula is C7H10F2N3P. The van der Waals surface area contributed by atoms with Crippen molar-refractivity contribution in [2.45, 2.75) is 6.54 Å². The molecule has 0 saturated carbocycles. The number of nitrogens with two attached hydrogens (primary N) is 2. The molecule has 0 amide bonds. The normalized spacial score (nSPS) is 10.8. The zero-order valence-corrected chi connectivity index (χ0v) is 7.69. The molecule has 1 rings (SSSR count). The number of benzene rings is 1. The highest BCUT2D eigenvalue weighted by molar-refractivity contribution is 7.50. The summed E-state index contributed by atoms with van der Waals surface area (Å²) in [6, 6.07) is 3.37. The molecule has 0 atom stereocenters. The Morgan fingerprint density at radius 1 is 1.31 bits per heavy atom. The molecule has 0 bridgehead atoms. The molecule has 0 aromatic heterocycles. The van der Waals surface area contributed by atoms with E-state index in [1.54, 1.807) is 0 Å². The van der Waals surface area contributed by atoms with Gasteiger partial charge in [0.05, 0.1) is 0 Å². The fourth-order valence-corrected chi connectivity index (χ4v) is 1.19. The van der Waals surface area contributed by atoms with Crippen molar-refractivity contribution in [2.24, 2.45) is 11.0 Å². The van der Waals surface area contributed by atoms with Crippen LogP contribution in [0.15, 0.2) is 18.2 Å². The second-order valence-electron chi connectivity index (χ2n) is 2.48. The zero-order chi connectivity index (χ0) is 9.84. The number of hydrogen-bond acceptors (Lipinski definition) is 3. The van der Waals surface area contributed by atoms with E-state index < -0.39 is 20.0 Å². The van der Waals surface area contributed by atoms with Crippen molar-refractivity contribution in [2.75, 3.05) is 0 Å². The van der Waals surface area contributed by atoms with Crippen molar-refractivity contribution in [3.05, 3.63) is 35.4 Å². The van der Waals surface area contributed by atoms with E-state index in [1.807, 2.05) is 0 Å². The molecule has 5 N–H and O–H groups in total. The largest absolute Gasteiger partial charge is 0.285 e. The third-order valence-electron chi connectivity index (χ3n) is 1.47. The maximum absolute atomic E-state index is 12.9. The molecule has 0 radical (unpaired) electrons. The fourth-order valence-electron chi connectivity index (χ4n) is 0.842. The molecule has 0 aliphatic heterocycles. The first-order chi connectivity index (χ1) is 6.09. The smallest absolute Gasteiger partial charge is 0.130 e. The van der Waals surface area contributed by atoms with Crippen LogP contribution in [0.1, 0.15) is 5.56 Å². The zero-order valence-electron chi connectivity index (χ0n) is 6.80. The van der Waals surface area contributed by atoms with Crippen LogP contribution in [0.25, 0.3) is 0 Å². The molecule has 0 fully saturated rings. The third-order valence-corrected chi connectivity index (χ3v) is 1.99. The Kier molecular flexibility index (Phi) is 3.69. The van der Waals surface area contributed by atoms with E-state index in [0.29, 0.717) is 5.56 Å². The van der Waals surface area contributed by atoms with E-state index >= 15 is 0 Å². The molecule has 1 aromatic carbocycles. The van der Waals surface area contributed by atoms with Gasteiger partial charge in [0.15, 0.2) is 0 Å². The van der Waals surface area contributed by atoms with Crippen LogP contribution in [0, 0.1) is 11.6 Å². The SMILES string of the molecule is NP(N)NCc1ccc(F)cc1F. The van der Waals surface area contributed by atoms with Crippen LogP contribution in [0.2, 0.25) is 0 Å². The van der Waals surface area contributed by atoms with Gasteiger partial charge >= 0.3 is 0 Å². The number of halogens is 2. The maximum Gasteiger partial charge on any atom is 0.130 e. The van der Waals surface area contributed by atoms with Crippen LogP contribution < -0.4 is 16.1 Å². The molecule has 0 spiro atoms. The number of rotatable bonds is 3. The molecule has 0 aliphatic rings. The van der Waals surface area contributed by atoms with Crippen LogP contribution >= 0.6 is 8.37 Å². The minimum atomic E-state index is -1.25. The standard InChI is InChI=1S/C7H10F2N3P/c8-6-2-1-5(7(9)3-6)4-12-13(10)11/h1-3,12H,4,10-11H2. The maximum atomic E-state index is 12.9. The van der Waals surface area contributed by atoms with Gasteiger partial charge in [-0.3, -0.25) is 16.1 Å². The summed E-state index contributed by atoms with van der Waals surface area (Å²) in [7, 11) is -1.25. The van der Waals surface area contributed by atoms with Crippen LogP contribution in [0.5, 0.6) is 0 Å².